The third-order valence-electron chi connectivity index (χ3n) is 6.19. The lowest BCUT2D eigenvalue weighted by Crippen LogP contribution is -2.55. The number of ether oxygens (including phenoxy) is 1. The summed E-state index contributed by atoms with van der Waals surface area (Å²) in [6, 6.07) is 10.9. The summed E-state index contributed by atoms with van der Waals surface area (Å²) in [6.45, 7) is 10.7. The molecule has 9 heteroatoms. The van der Waals surface area contributed by atoms with Crippen molar-refractivity contribution in [3.8, 4) is 0 Å². The Bertz CT molecular complexity index is 706. The number of benzene rings is 1. The maximum atomic E-state index is 12.5. The van der Waals surface area contributed by atoms with Crippen molar-refractivity contribution >= 4 is 35.8 Å². The standard InChI is InChI=1S/C23H38N6O2.HI/c1-20(26(3)18-21-7-5-4-6-8-21)17-25-23(24-2)29-11-9-27(10-12-29)19-22(30)28-13-15-31-16-14-28;/h4-8,20H,9-19H2,1-3H3,(H,24,25);1H. The number of nitrogens with one attached hydrogen (secondary N) is 1. The smallest absolute Gasteiger partial charge is 0.236 e. The van der Waals surface area contributed by atoms with Gasteiger partial charge >= 0.3 is 0 Å². The number of carbonyl (C=O) groups is 1. The van der Waals surface area contributed by atoms with Crippen molar-refractivity contribution in [1.82, 2.24) is 24.9 Å². The van der Waals surface area contributed by atoms with E-state index in [1.165, 1.54) is 5.56 Å². The summed E-state index contributed by atoms with van der Waals surface area (Å²) in [6.07, 6.45) is 0. The minimum Gasteiger partial charge on any atom is -0.378 e. The fourth-order valence-corrected chi connectivity index (χ4v) is 3.98. The summed E-state index contributed by atoms with van der Waals surface area (Å²) in [5, 5.41) is 3.54. The lowest BCUT2D eigenvalue weighted by molar-refractivity contribution is -0.136. The molecule has 2 aliphatic heterocycles. The van der Waals surface area contributed by atoms with Gasteiger partial charge in [-0.2, -0.15) is 0 Å². The number of carbonyl (C=O) groups excluding carboxylic acids is 1. The predicted molar refractivity (Wildman–Crippen MR) is 140 cm³/mol. The number of guanidine groups is 1. The van der Waals surface area contributed by atoms with Gasteiger partial charge in [0.15, 0.2) is 5.96 Å². The second-order valence-corrected chi connectivity index (χ2v) is 8.43. The number of rotatable bonds is 7. The van der Waals surface area contributed by atoms with Gasteiger partial charge in [0.2, 0.25) is 5.91 Å². The van der Waals surface area contributed by atoms with Gasteiger partial charge in [0.25, 0.3) is 0 Å². The van der Waals surface area contributed by atoms with Crippen LogP contribution in [0.15, 0.2) is 35.3 Å². The Morgan fingerprint density at radius 3 is 2.38 bits per heavy atom. The van der Waals surface area contributed by atoms with Crippen LogP contribution in [0.25, 0.3) is 0 Å². The molecule has 0 spiro atoms. The largest absolute Gasteiger partial charge is 0.378 e. The van der Waals surface area contributed by atoms with Crippen molar-refractivity contribution < 1.29 is 9.53 Å². The van der Waals surface area contributed by atoms with Crippen LogP contribution in [0.4, 0.5) is 0 Å². The summed E-state index contributed by atoms with van der Waals surface area (Å²) >= 11 is 0. The second kappa shape index (κ2) is 14.0. The Balaban J connectivity index is 0.00000363. The van der Waals surface area contributed by atoms with Crippen molar-refractivity contribution in [3.05, 3.63) is 35.9 Å². The third kappa shape index (κ3) is 8.17. The molecular weight excluding hydrogens is 519 g/mol. The van der Waals surface area contributed by atoms with Crippen LogP contribution in [0.1, 0.15) is 12.5 Å². The second-order valence-electron chi connectivity index (χ2n) is 8.43. The molecule has 0 aromatic heterocycles. The molecule has 0 radical (unpaired) electrons. The highest BCUT2D eigenvalue weighted by Gasteiger charge is 2.24. The molecule has 2 heterocycles. The highest BCUT2D eigenvalue weighted by molar-refractivity contribution is 14.0. The first-order chi connectivity index (χ1) is 15.1. The van der Waals surface area contributed by atoms with Crippen molar-refractivity contribution in [2.45, 2.75) is 19.5 Å². The summed E-state index contributed by atoms with van der Waals surface area (Å²) in [5.74, 6) is 1.16. The Kier molecular flexibility index (Phi) is 11.7. The number of hydrogen-bond acceptors (Lipinski definition) is 5. The molecule has 1 aromatic rings. The van der Waals surface area contributed by atoms with E-state index < -0.39 is 0 Å². The first-order valence-corrected chi connectivity index (χ1v) is 11.3. The molecule has 1 unspecified atom stereocenters. The zero-order valence-corrected chi connectivity index (χ0v) is 22.0. The van der Waals surface area contributed by atoms with Crippen LogP contribution >= 0.6 is 24.0 Å². The molecule has 32 heavy (non-hydrogen) atoms. The van der Waals surface area contributed by atoms with E-state index in [1.807, 2.05) is 11.9 Å². The van der Waals surface area contributed by atoms with Gasteiger partial charge < -0.3 is 19.9 Å². The number of hydrogen-bond donors (Lipinski definition) is 1. The average Bonchev–Trinajstić information content (AvgIpc) is 2.81. The number of nitrogens with zero attached hydrogens (tertiary/aromatic N) is 5. The zero-order chi connectivity index (χ0) is 22.1. The van der Waals surface area contributed by atoms with Gasteiger partial charge in [-0.3, -0.25) is 19.6 Å². The molecule has 1 aromatic carbocycles. The van der Waals surface area contributed by atoms with Crippen LogP contribution in [0, 0.1) is 0 Å². The molecule has 0 saturated carbocycles. The number of amides is 1. The molecule has 2 fully saturated rings. The number of halogens is 1. The van der Waals surface area contributed by atoms with Gasteiger partial charge in [0.1, 0.15) is 0 Å². The van der Waals surface area contributed by atoms with E-state index in [4.69, 9.17) is 4.74 Å². The van der Waals surface area contributed by atoms with Gasteiger partial charge in [0, 0.05) is 65.4 Å². The summed E-state index contributed by atoms with van der Waals surface area (Å²) in [4.78, 5) is 25.8. The van der Waals surface area contributed by atoms with Crippen molar-refractivity contribution in [2.75, 3.05) is 79.7 Å². The van der Waals surface area contributed by atoms with Crippen LogP contribution in [0.2, 0.25) is 0 Å². The number of aliphatic imine (C=N–C) groups is 1. The molecule has 0 bridgehead atoms. The quantitative estimate of drug-likeness (QED) is 0.308. The normalized spacial score (nSPS) is 18.9. The first-order valence-electron chi connectivity index (χ1n) is 11.3. The van der Waals surface area contributed by atoms with E-state index in [0.717, 1.165) is 45.2 Å². The van der Waals surface area contributed by atoms with Crippen LogP contribution in [0.3, 0.4) is 0 Å². The monoisotopic (exact) mass is 558 g/mol. The van der Waals surface area contributed by atoms with E-state index in [2.05, 4.69) is 69.3 Å². The average molecular weight is 559 g/mol. The maximum absolute atomic E-state index is 12.5. The molecule has 1 amide bonds. The van der Waals surface area contributed by atoms with Crippen molar-refractivity contribution in [2.24, 2.45) is 4.99 Å². The van der Waals surface area contributed by atoms with E-state index >= 15 is 0 Å². The summed E-state index contributed by atoms with van der Waals surface area (Å²) in [7, 11) is 4.00. The first kappa shape index (κ1) is 26.8. The summed E-state index contributed by atoms with van der Waals surface area (Å²) < 4.78 is 5.34. The lowest BCUT2D eigenvalue weighted by atomic mass is 10.2. The van der Waals surface area contributed by atoms with E-state index in [9.17, 15) is 4.79 Å². The highest BCUT2D eigenvalue weighted by Crippen LogP contribution is 2.07. The number of piperazine rings is 1. The zero-order valence-electron chi connectivity index (χ0n) is 19.7. The number of likely N-dealkylation sites (N-methyl/N-ethyl adjacent to an activating group) is 1. The Labute approximate surface area is 210 Å². The maximum Gasteiger partial charge on any atom is 0.236 e. The van der Waals surface area contributed by atoms with Gasteiger partial charge in [0.05, 0.1) is 19.8 Å². The van der Waals surface area contributed by atoms with E-state index in [1.54, 1.807) is 0 Å². The lowest BCUT2D eigenvalue weighted by Gasteiger charge is -2.37. The molecule has 2 aliphatic rings. The molecule has 3 rings (SSSR count). The predicted octanol–water partition coefficient (Wildman–Crippen LogP) is 1.18. The summed E-state index contributed by atoms with van der Waals surface area (Å²) in [5.41, 5.74) is 1.32. The number of morpholine rings is 1. The SMILES string of the molecule is CN=C(NCC(C)N(C)Cc1ccccc1)N1CCN(CC(=O)N2CCOCC2)CC1.I. The minimum absolute atomic E-state index is 0. The molecule has 8 nitrogen and oxygen atoms in total. The van der Waals surface area contributed by atoms with Gasteiger partial charge in [-0.05, 0) is 19.5 Å². The fourth-order valence-electron chi connectivity index (χ4n) is 3.98. The van der Waals surface area contributed by atoms with Gasteiger partial charge in [-0.1, -0.05) is 30.3 Å². The molecule has 1 N–H and O–H groups in total. The van der Waals surface area contributed by atoms with Crippen LogP contribution in [-0.2, 0) is 16.1 Å². The van der Waals surface area contributed by atoms with E-state index in [0.29, 0.717) is 38.9 Å². The Hall–Kier alpha value is -1.43. The Morgan fingerprint density at radius 1 is 1.09 bits per heavy atom. The Morgan fingerprint density at radius 2 is 1.75 bits per heavy atom. The fraction of sp³-hybridized carbons (Fsp3) is 0.652. The van der Waals surface area contributed by atoms with Crippen LogP contribution < -0.4 is 5.32 Å². The minimum atomic E-state index is 0. The molecule has 2 saturated heterocycles. The topological polar surface area (TPSA) is 63.7 Å². The third-order valence-corrected chi connectivity index (χ3v) is 6.19. The molecule has 180 valence electrons. The highest BCUT2D eigenvalue weighted by atomic mass is 127. The van der Waals surface area contributed by atoms with Crippen molar-refractivity contribution in [1.29, 1.82) is 0 Å². The molecule has 0 aliphatic carbocycles. The van der Waals surface area contributed by atoms with Crippen molar-refractivity contribution in [3.63, 3.8) is 0 Å². The molecular formula is C23H39IN6O2. The van der Waals surface area contributed by atoms with Gasteiger partial charge in [-0.15, -0.1) is 24.0 Å². The molecule has 1 atom stereocenters. The van der Waals surface area contributed by atoms with E-state index in [-0.39, 0.29) is 29.9 Å². The van der Waals surface area contributed by atoms with Crippen LogP contribution in [-0.4, -0.2) is 117 Å². The van der Waals surface area contributed by atoms with Crippen LogP contribution in [0.5, 0.6) is 0 Å². The van der Waals surface area contributed by atoms with Gasteiger partial charge in [-0.25, -0.2) is 0 Å².